The lowest BCUT2D eigenvalue weighted by atomic mass is 10.0. The van der Waals surface area contributed by atoms with E-state index in [2.05, 4.69) is 16.0 Å². The molecule has 3 rings (SSSR count). The van der Waals surface area contributed by atoms with E-state index in [-0.39, 0.29) is 17.9 Å². The SMILES string of the molecule is CC(NC(=O)C(Cc1ccccc1)NC(=O)c1cccs1)c1ccc(NC(N)=O)cc1. The molecule has 0 bridgehead atoms. The highest BCUT2D eigenvalue weighted by Crippen LogP contribution is 2.17. The van der Waals surface area contributed by atoms with E-state index in [1.54, 1.807) is 36.4 Å². The van der Waals surface area contributed by atoms with Gasteiger partial charge in [-0.05, 0) is 41.6 Å². The van der Waals surface area contributed by atoms with Gasteiger partial charge in [0.05, 0.1) is 10.9 Å². The van der Waals surface area contributed by atoms with Crippen LogP contribution in [0.3, 0.4) is 0 Å². The van der Waals surface area contributed by atoms with Gasteiger partial charge in [-0.25, -0.2) is 4.79 Å². The molecular formula is C23H24N4O3S. The number of carbonyl (C=O) groups excluding carboxylic acids is 3. The number of thiophene rings is 1. The molecule has 160 valence electrons. The molecule has 3 aromatic rings. The Hall–Kier alpha value is -3.65. The molecule has 0 saturated carbocycles. The molecule has 8 heteroatoms. The van der Waals surface area contributed by atoms with Crippen LogP contribution < -0.4 is 21.7 Å². The van der Waals surface area contributed by atoms with Crippen molar-refractivity contribution in [1.29, 1.82) is 0 Å². The van der Waals surface area contributed by atoms with Crippen molar-refractivity contribution in [2.75, 3.05) is 5.32 Å². The van der Waals surface area contributed by atoms with Gasteiger partial charge in [-0.1, -0.05) is 48.5 Å². The number of urea groups is 1. The van der Waals surface area contributed by atoms with Crippen LogP contribution in [0.25, 0.3) is 0 Å². The zero-order chi connectivity index (χ0) is 22.2. The maximum absolute atomic E-state index is 13.1. The molecule has 0 saturated heterocycles. The standard InChI is InChI=1S/C23H24N4O3S/c1-15(17-9-11-18(12-10-17)26-23(24)30)25-21(28)19(14-16-6-3-2-4-7-16)27-22(29)20-8-5-13-31-20/h2-13,15,19H,14H2,1H3,(H,25,28)(H,27,29)(H3,24,26,30). The topological polar surface area (TPSA) is 113 Å². The molecule has 2 unspecified atom stereocenters. The van der Waals surface area contributed by atoms with Crippen LogP contribution in [0.2, 0.25) is 0 Å². The summed E-state index contributed by atoms with van der Waals surface area (Å²) in [4.78, 5) is 37.1. The van der Waals surface area contributed by atoms with Crippen LogP contribution in [0.15, 0.2) is 72.1 Å². The predicted molar refractivity (Wildman–Crippen MR) is 122 cm³/mol. The summed E-state index contributed by atoms with van der Waals surface area (Å²) in [5, 5.41) is 10.1. The van der Waals surface area contributed by atoms with Crippen LogP contribution in [-0.4, -0.2) is 23.9 Å². The Labute approximate surface area is 184 Å². The highest BCUT2D eigenvalue weighted by molar-refractivity contribution is 7.12. The maximum atomic E-state index is 13.1. The van der Waals surface area contributed by atoms with Gasteiger partial charge in [0.15, 0.2) is 0 Å². The van der Waals surface area contributed by atoms with E-state index in [1.165, 1.54) is 11.3 Å². The minimum atomic E-state index is -0.727. The van der Waals surface area contributed by atoms with Crippen molar-refractivity contribution in [2.45, 2.75) is 25.4 Å². The first kappa shape index (κ1) is 22.0. The van der Waals surface area contributed by atoms with Gasteiger partial charge in [-0.15, -0.1) is 11.3 Å². The second-order valence-electron chi connectivity index (χ2n) is 7.03. The number of primary amides is 1. The molecular weight excluding hydrogens is 412 g/mol. The second-order valence-corrected chi connectivity index (χ2v) is 7.98. The number of hydrogen-bond acceptors (Lipinski definition) is 4. The molecule has 0 radical (unpaired) electrons. The Kier molecular flexibility index (Phi) is 7.40. The van der Waals surface area contributed by atoms with E-state index >= 15 is 0 Å². The average molecular weight is 437 g/mol. The Morgan fingerprint density at radius 2 is 1.65 bits per heavy atom. The molecule has 7 nitrogen and oxygen atoms in total. The largest absolute Gasteiger partial charge is 0.351 e. The van der Waals surface area contributed by atoms with Crippen LogP contribution in [0.1, 0.15) is 33.8 Å². The summed E-state index contributed by atoms with van der Waals surface area (Å²) in [5.74, 6) is -0.554. The lowest BCUT2D eigenvalue weighted by molar-refractivity contribution is -0.123. The third kappa shape index (κ3) is 6.42. The van der Waals surface area contributed by atoms with Gasteiger partial charge in [0.1, 0.15) is 6.04 Å². The fraction of sp³-hybridized carbons (Fsp3) is 0.174. The highest BCUT2D eigenvalue weighted by atomic mass is 32.1. The Bertz CT molecular complexity index is 1020. The van der Waals surface area contributed by atoms with Crippen molar-refractivity contribution in [3.8, 4) is 0 Å². The normalized spacial score (nSPS) is 12.4. The van der Waals surface area contributed by atoms with Crippen molar-refractivity contribution < 1.29 is 14.4 Å². The summed E-state index contributed by atoms with van der Waals surface area (Å²) in [5.41, 5.74) is 7.49. The van der Waals surface area contributed by atoms with E-state index in [0.717, 1.165) is 11.1 Å². The summed E-state index contributed by atoms with van der Waals surface area (Å²) >= 11 is 1.32. The molecule has 5 N–H and O–H groups in total. The Morgan fingerprint density at radius 3 is 2.26 bits per heavy atom. The third-order valence-electron chi connectivity index (χ3n) is 4.69. The minimum Gasteiger partial charge on any atom is -0.351 e. The number of amides is 4. The number of nitrogens with one attached hydrogen (secondary N) is 3. The van der Waals surface area contributed by atoms with Crippen LogP contribution in [0.4, 0.5) is 10.5 Å². The van der Waals surface area contributed by atoms with E-state index in [9.17, 15) is 14.4 Å². The summed E-state index contributed by atoms with van der Waals surface area (Å²) in [6, 6.07) is 18.4. The number of anilines is 1. The first-order valence-electron chi connectivity index (χ1n) is 9.77. The van der Waals surface area contributed by atoms with Crippen molar-refractivity contribution in [3.05, 3.63) is 88.1 Å². The highest BCUT2D eigenvalue weighted by Gasteiger charge is 2.24. The van der Waals surface area contributed by atoms with Gasteiger partial charge in [-0.3, -0.25) is 9.59 Å². The van der Waals surface area contributed by atoms with Crippen LogP contribution in [0, 0.1) is 0 Å². The van der Waals surface area contributed by atoms with E-state index in [0.29, 0.717) is 17.0 Å². The number of carbonyl (C=O) groups is 3. The first-order valence-corrected chi connectivity index (χ1v) is 10.7. The Morgan fingerprint density at radius 1 is 0.935 bits per heavy atom. The number of rotatable bonds is 8. The van der Waals surface area contributed by atoms with Crippen molar-refractivity contribution in [2.24, 2.45) is 5.73 Å². The van der Waals surface area contributed by atoms with Crippen molar-refractivity contribution in [3.63, 3.8) is 0 Å². The molecule has 0 fully saturated rings. The number of benzene rings is 2. The van der Waals surface area contributed by atoms with Gasteiger partial charge in [0.25, 0.3) is 5.91 Å². The molecule has 0 aliphatic carbocycles. The summed E-state index contributed by atoms with van der Waals surface area (Å²) in [6.45, 7) is 1.86. The molecule has 0 spiro atoms. The molecule has 31 heavy (non-hydrogen) atoms. The predicted octanol–water partition coefficient (Wildman–Crippen LogP) is 3.46. The van der Waals surface area contributed by atoms with Crippen molar-refractivity contribution in [1.82, 2.24) is 10.6 Å². The monoisotopic (exact) mass is 436 g/mol. The summed E-state index contributed by atoms with van der Waals surface area (Å²) < 4.78 is 0. The van der Waals surface area contributed by atoms with E-state index < -0.39 is 12.1 Å². The lowest BCUT2D eigenvalue weighted by Gasteiger charge is -2.22. The molecule has 2 atom stereocenters. The molecule has 1 aromatic heterocycles. The average Bonchev–Trinajstić information content (AvgIpc) is 3.29. The smallest absolute Gasteiger partial charge is 0.316 e. The summed E-state index contributed by atoms with van der Waals surface area (Å²) in [6.07, 6.45) is 0.373. The minimum absolute atomic E-state index is 0.277. The molecule has 4 amide bonds. The van der Waals surface area contributed by atoms with E-state index in [1.807, 2.05) is 42.6 Å². The molecule has 0 aliphatic heterocycles. The van der Waals surface area contributed by atoms with Gasteiger partial charge < -0.3 is 21.7 Å². The number of nitrogens with two attached hydrogens (primary N) is 1. The van der Waals surface area contributed by atoms with Crippen LogP contribution in [0.5, 0.6) is 0 Å². The number of hydrogen-bond donors (Lipinski definition) is 4. The maximum Gasteiger partial charge on any atom is 0.316 e. The van der Waals surface area contributed by atoms with Gasteiger partial charge in [0.2, 0.25) is 5.91 Å². The van der Waals surface area contributed by atoms with Crippen LogP contribution >= 0.6 is 11.3 Å². The fourth-order valence-electron chi connectivity index (χ4n) is 3.09. The van der Waals surface area contributed by atoms with Gasteiger partial charge in [-0.2, -0.15) is 0 Å². The van der Waals surface area contributed by atoms with Gasteiger partial charge >= 0.3 is 6.03 Å². The third-order valence-corrected chi connectivity index (χ3v) is 5.56. The quantitative estimate of drug-likeness (QED) is 0.434. The molecule has 2 aromatic carbocycles. The second kappa shape index (κ2) is 10.4. The zero-order valence-corrected chi connectivity index (χ0v) is 17.8. The summed E-state index contributed by atoms with van der Waals surface area (Å²) in [7, 11) is 0. The zero-order valence-electron chi connectivity index (χ0n) is 17.0. The van der Waals surface area contributed by atoms with E-state index in [4.69, 9.17) is 5.73 Å². The van der Waals surface area contributed by atoms with Crippen molar-refractivity contribution >= 4 is 34.9 Å². The molecule has 0 aliphatic rings. The fourth-order valence-corrected chi connectivity index (χ4v) is 3.72. The molecule has 1 heterocycles. The van der Waals surface area contributed by atoms with Crippen LogP contribution in [-0.2, 0) is 11.2 Å². The Balaban J connectivity index is 1.70. The first-order chi connectivity index (χ1) is 14.9. The van der Waals surface area contributed by atoms with Gasteiger partial charge in [0, 0.05) is 12.1 Å². The lowest BCUT2D eigenvalue weighted by Crippen LogP contribution is -2.48.